The molecule has 1 amide bonds. The maximum Gasteiger partial charge on any atom is 0.220 e. The molecular formula is C19H24N6O2. The molecule has 3 rings (SSSR count). The second-order valence-corrected chi connectivity index (χ2v) is 6.14. The van der Waals surface area contributed by atoms with E-state index in [4.69, 9.17) is 4.74 Å². The summed E-state index contributed by atoms with van der Waals surface area (Å²) in [6, 6.07) is 13.9. The van der Waals surface area contributed by atoms with E-state index in [9.17, 15) is 4.79 Å². The molecule has 8 nitrogen and oxygen atoms in total. The molecule has 0 radical (unpaired) electrons. The number of anilines is 1. The smallest absolute Gasteiger partial charge is 0.220 e. The van der Waals surface area contributed by atoms with Crippen molar-refractivity contribution < 1.29 is 9.53 Å². The lowest BCUT2D eigenvalue weighted by Crippen LogP contribution is -2.25. The normalized spacial score (nSPS) is 10.9. The van der Waals surface area contributed by atoms with Crippen LogP contribution in [-0.4, -0.2) is 46.0 Å². The van der Waals surface area contributed by atoms with Crippen LogP contribution in [-0.2, 0) is 22.5 Å². The number of carbonyl (C=O) groups is 1. The quantitative estimate of drug-likeness (QED) is 0.530. The van der Waals surface area contributed by atoms with Crippen molar-refractivity contribution in [2.24, 2.45) is 0 Å². The fourth-order valence-corrected chi connectivity index (χ4v) is 2.63. The Hall–Kier alpha value is -3.00. The first kappa shape index (κ1) is 18.8. The SMILES string of the molecule is COCCCNC(=O)CCc1nnc2ccc(NCc3ccccc3)nn12. The Kier molecular flexibility index (Phi) is 6.70. The molecule has 0 unspecified atom stereocenters. The van der Waals surface area contributed by atoms with Gasteiger partial charge in [-0.15, -0.1) is 15.3 Å². The summed E-state index contributed by atoms with van der Waals surface area (Å²) in [5.74, 6) is 1.39. The molecule has 0 bridgehead atoms. The molecule has 27 heavy (non-hydrogen) atoms. The van der Waals surface area contributed by atoms with Gasteiger partial charge in [0.2, 0.25) is 5.91 Å². The number of fused-ring (bicyclic) bond motifs is 1. The number of ether oxygens (including phenoxy) is 1. The predicted molar refractivity (Wildman–Crippen MR) is 102 cm³/mol. The van der Waals surface area contributed by atoms with Crippen molar-refractivity contribution in [1.29, 1.82) is 0 Å². The molecule has 0 aliphatic heterocycles. The molecule has 0 saturated heterocycles. The summed E-state index contributed by atoms with van der Waals surface area (Å²) in [4.78, 5) is 11.9. The maximum absolute atomic E-state index is 11.9. The van der Waals surface area contributed by atoms with Crippen LogP contribution >= 0.6 is 0 Å². The highest BCUT2D eigenvalue weighted by atomic mass is 16.5. The molecule has 2 aromatic heterocycles. The summed E-state index contributed by atoms with van der Waals surface area (Å²) < 4.78 is 6.65. The summed E-state index contributed by atoms with van der Waals surface area (Å²) in [6.07, 6.45) is 1.62. The van der Waals surface area contributed by atoms with Crippen molar-refractivity contribution in [2.45, 2.75) is 25.8 Å². The minimum absolute atomic E-state index is 0.0128. The number of carbonyl (C=O) groups excluding carboxylic acids is 1. The Bertz CT molecular complexity index is 865. The molecular weight excluding hydrogens is 344 g/mol. The highest BCUT2D eigenvalue weighted by molar-refractivity contribution is 5.76. The zero-order chi connectivity index (χ0) is 18.9. The van der Waals surface area contributed by atoms with Crippen molar-refractivity contribution in [3.63, 3.8) is 0 Å². The number of aryl methyl sites for hydroxylation is 1. The molecule has 0 aliphatic carbocycles. The van der Waals surface area contributed by atoms with E-state index in [1.807, 2.05) is 30.3 Å². The van der Waals surface area contributed by atoms with Crippen LogP contribution in [0.25, 0.3) is 5.65 Å². The van der Waals surface area contributed by atoms with Crippen molar-refractivity contribution >= 4 is 17.4 Å². The summed E-state index contributed by atoms with van der Waals surface area (Å²) in [6.45, 7) is 1.93. The van der Waals surface area contributed by atoms with Crippen LogP contribution in [0.4, 0.5) is 5.82 Å². The van der Waals surface area contributed by atoms with Crippen LogP contribution in [0.1, 0.15) is 24.2 Å². The standard InChI is InChI=1S/C19H24N6O2/c1-27-13-5-12-20-19(26)11-10-18-23-22-17-9-8-16(24-25(17)18)21-14-15-6-3-2-4-7-15/h2-4,6-9H,5,10-14H2,1H3,(H,20,26)(H,21,24). The minimum atomic E-state index is -0.0128. The van der Waals surface area contributed by atoms with Gasteiger partial charge < -0.3 is 15.4 Å². The van der Waals surface area contributed by atoms with Crippen LogP contribution in [0, 0.1) is 0 Å². The van der Waals surface area contributed by atoms with Crippen molar-refractivity contribution in [3.8, 4) is 0 Å². The molecule has 0 aliphatic rings. The predicted octanol–water partition coefficient (Wildman–Crippen LogP) is 1.82. The van der Waals surface area contributed by atoms with Gasteiger partial charge in [0.25, 0.3) is 0 Å². The Morgan fingerprint density at radius 1 is 1.15 bits per heavy atom. The van der Waals surface area contributed by atoms with Gasteiger partial charge in [0.15, 0.2) is 11.5 Å². The van der Waals surface area contributed by atoms with E-state index >= 15 is 0 Å². The summed E-state index contributed by atoms with van der Waals surface area (Å²) in [7, 11) is 1.65. The number of nitrogens with one attached hydrogen (secondary N) is 2. The molecule has 0 spiro atoms. The number of amides is 1. The van der Waals surface area contributed by atoms with E-state index in [-0.39, 0.29) is 5.91 Å². The minimum Gasteiger partial charge on any atom is -0.385 e. The Morgan fingerprint density at radius 3 is 2.81 bits per heavy atom. The van der Waals surface area contributed by atoms with Crippen molar-refractivity contribution in [2.75, 3.05) is 25.6 Å². The van der Waals surface area contributed by atoms with Gasteiger partial charge in [-0.25, -0.2) is 0 Å². The van der Waals surface area contributed by atoms with Gasteiger partial charge in [-0.2, -0.15) is 4.52 Å². The van der Waals surface area contributed by atoms with Gasteiger partial charge in [0, 0.05) is 39.6 Å². The first-order chi connectivity index (χ1) is 13.3. The molecule has 0 atom stereocenters. The lowest BCUT2D eigenvalue weighted by Gasteiger charge is -2.07. The fraction of sp³-hybridized carbons (Fsp3) is 0.368. The monoisotopic (exact) mass is 368 g/mol. The third-order valence-corrected chi connectivity index (χ3v) is 4.07. The first-order valence-corrected chi connectivity index (χ1v) is 9.01. The number of benzene rings is 1. The molecule has 8 heteroatoms. The number of methoxy groups -OCH3 is 1. The summed E-state index contributed by atoms with van der Waals surface area (Å²) in [5, 5.41) is 19.0. The van der Waals surface area contributed by atoms with Gasteiger partial charge in [0.05, 0.1) is 0 Å². The topological polar surface area (TPSA) is 93.4 Å². The Labute approximate surface area is 157 Å². The van der Waals surface area contributed by atoms with E-state index in [0.29, 0.717) is 44.0 Å². The first-order valence-electron chi connectivity index (χ1n) is 9.01. The number of nitrogens with zero attached hydrogens (tertiary/aromatic N) is 4. The van der Waals surface area contributed by atoms with Crippen molar-refractivity contribution in [1.82, 2.24) is 25.1 Å². The zero-order valence-corrected chi connectivity index (χ0v) is 15.4. The van der Waals surface area contributed by atoms with E-state index in [0.717, 1.165) is 12.2 Å². The van der Waals surface area contributed by atoms with Gasteiger partial charge in [-0.05, 0) is 24.1 Å². The summed E-state index contributed by atoms with van der Waals surface area (Å²) >= 11 is 0. The fourth-order valence-electron chi connectivity index (χ4n) is 2.63. The van der Waals surface area contributed by atoms with Gasteiger partial charge in [-0.1, -0.05) is 30.3 Å². The second kappa shape index (κ2) is 9.63. The van der Waals surface area contributed by atoms with E-state index < -0.39 is 0 Å². The average Bonchev–Trinajstić information content (AvgIpc) is 3.11. The lowest BCUT2D eigenvalue weighted by molar-refractivity contribution is -0.121. The van der Waals surface area contributed by atoms with Crippen LogP contribution in [0.15, 0.2) is 42.5 Å². The lowest BCUT2D eigenvalue weighted by atomic mass is 10.2. The summed E-state index contributed by atoms with van der Waals surface area (Å²) in [5.41, 5.74) is 1.84. The molecule has 2 heterocycles. The third kappa shape index (κ3) is 5.49. The molecule has 3 aromatic rings. The molecule has 0 saturated carbocycles. The Morgan fingerprint density at radius 2 is 2.00 bits per heavy atom. The van der Waals surface area contributed by atoms with E-state index in [1.54, 1.807) is 11.6 Å². The molecule has 1 aromatic carbocycles. The van der Waals surface area contributed by atoms with Gasteiger partial charge >= 0.3 is 0 Å². The third-order valence-electron chi connectivity index (χ3n) is 4.07. The van der Waals surface area contributed by atoms with E-state index in [2.05, 4.69) is 38.1 Å². The molecule has 0 fully saturated rings. The van der Waals surface area contributed by atoms with Crippen LogP contribution in [0.2, 0.25) is 0 Å². The number of hydrogen-bond donors (Lipinski definition) is 2. The molecule has 2 N–H and O–H groups in total. The van der Waals surface area contributed by atoms with Gasteiger partial charge in [0.1, 0.15) is 5.82 Å². The second-order valence-electron chi connectivity index (χ2n) is 6.14. The number of aromatic nitrogens is 4. The number of rotatable bonds is 10. The highest BCUT2D eigenvalue weighted by Gasteiger charge is 2.10. The van der Waals surface area contributed by atoms with Crippen LogP contribution in [0.3, 0.4) is 0 Å². The zero-order valence-electron chi connectivity index (χ0n) is 15.4. The maximum atomic E-state index is 11.9. The molecule has 142 valence electrons. The van der Waals surface area contributed by atoms with E-state index in [1.165, 1.54) is 5.56 Å². The largest absolute Gasteiger partial charge is 0.385 e. The highest BCUT2D eigenvalue weighted by Crippen LogP contribution is 2.10. The average molecular weight is 368 g/mol. The van der Waals surface area contributed by atoms with Crippen LogP contribution in [0.5, 0.6) is 0 Å². The van der Waals surface area contributed by atoms with Crippen molar-refractivity contribution in [3.05, 3.63) is 53.9 Å². The Balaban J connectivity index is 1.57. The van der Waals surface area contributed by atoms with Gasteiger partial charge in [-0.3, -0.25) is 4.79 Å². The van der Waals surface area contributed by atoms with Crippen LogP contribution < -0.4 is 10.6 Å². The number of hydrogen-bond acceptors (Lipinski definition) is 6.